The highest BCUT2D eigenvalue weighted by atomic mass is 16.3. The lowest BCUT2D eigenvalue weighted by Gasteiger charge is -2.34. The van der Waals surface area contributed by atoms with Crippen molar-refractivity contribution in [2.24, 2.45) is 0 Å². The summed E-state index contributed by atoms with van der Waals surface area (Å²) >= 11 is 0. The van der Waals surface area contributed by atoms with Gasteiger partial charge in [-0.05, 0) is 37.1 Å². The quantitative estimate of drug-likeness (QED) is 0.509. The normalized spacial score (nSPS) is 17.6. The number of hydrogen-bond acceptors (Lipinski definition) is 4. The molecule has 2 aromatic heterocycles. The summed E-state index contributed by atoms with van der Waals surface area (Å²) in [6, 6.07) is 20.8. The third-order valence-electron chi connectivity index (χ3n) is 6.02. The molecule has 5 nitrogen and oxygen atoms in total. The standard InChI is InChI=1S/C25H27N3O2/c29-18-22-11-6-7-13-27(22)16-21-17-28(15-19-8-2-1-3-9-19)26-25(21)24-14-20-10-4-5-12-23(20)30-24/h1-5,8-10,12,14,17,22,29H,6-7,11,13,15-16,18H2/t22-/m1/s1. The van der Waals surface area contributed by atoms with Crippen molar-refractivity contribution in [2.75, 3.05) is 13.2 Å². The van der Waals surface area contributed by atoms with Gasteiger partial charge in [-0.3, -0.25) is 9.58 Å². The van der Waals surface area contributed by atoms with E-state index in [-0.39, 0.29) is 12.6 Å². The van der Waals surface area contributed by atoms with Gasteiger partial charge in [0, 0.05) is 29.7 Å². The fraction of sp³-hybridized carbons (Fsp3) is 0.320. The highest BCUT2D eigenvalue weighted by molar-refractivity contribution is 5.82. The number of hydrogen-bond donors (Lipinski definition) is 1. The molecule has 2 aromatic carbocycles. The molecule has 154 valence electrons. The number of rotatable bonds is 6. The molecule has 5 rings (SSSR count). The SMILES string of the molecule is OC[C@H]1CCCCN1Cc1cn(Cc2ccccc2)nc1-c1cc2ccccc2o1. The Kier molecular flexibility index (Phi) is 5.39. The summed E-state index contributed by atoms with van der Waals surface area (Å²) in [5, 5.41) is 15.8. The molecule has 0 unspecified atom stereocenters. The Labute approximate surface area is 176 Å². The number of likely N-dealkylation sites (tertiary alicyclic amines) is 1. The van der Waals surface area contributed by atoms with Gasteiger partial charge in [-0.2, -0.15) is 5.10 Å². The van der Waals surface area contributed by atoms with E-state index < -0.39 is 0 Å². The van der Waals surface area contributed by atoms with Gasteiger partial charge in [0.15, 0.2) is 5.76 Å². The number of benzene rings is 2. The van der Waals surface area contributed by atoms with Crippen LogP contribution < -0.4 is 0 Å². The molecule has 1 fully saturated rings. The first kappa shape index (κ1) is 19.1. The lowest BCUT2D eigenvalue weighted by atomic mass is 10.0. The maximum absolute atomic E-state index is 9.84. The van der Waals surface area contributed by atoms with Crippen LogP contribution in [0.5, 0.6) is 0 Å². The number of piperidine rings is 1. The van der Waals surface area contributed by atoms with Crippen LogP contribution in [0.2, 0.25) is 0 Å². The Bertz CT molecular complexity index is 1080. The number of fused-ring (bicyclic) bond motifs is 1. The Morgan fingerprint density at radius 1 is 1.00 bits per heavy atom. The van der Waals surface area contributed by atoms with Crippen molar-refractivity contribution in [2.45, 2.75) is 38.4 Å². The van der Waals surface area contributed by atoms with E-state index in [4.69, 9.17) is 9.52 Å². The minimum absolute atomic E-state index is 0.206. The molecule has 0 saturated carbocycles. The van der Waals surface area contributed by atoms with Gasteiger partial charge in [-0.1, -0.05) is 55.0 Å². The molecule has 1 N–H and O–H groups in total. The maximum Gasteiger partial charge on any atom is 0.156 e. The molecule has 1 atom stereocenters. The molecule has 30 heavy (non-hydrogen) atoms. The van der Waals surface area contributed by atoms with E-state index >= 15 is 0 Å². The summed E-state index contributed by atoms with van der Waals surface area (Å²) in [6.45, 7) is 2.71. The van der Waals surface area contributed by atoms with Crippen LogP contribution in [-0.4, -0.2) is 39.0 Å². The van der Waals surface area contributed by atoms with Crippen LogP contribution in [0.1, 0.15) is 30.4 Å². The van der Waals surface area contributed by atoms with Gasteiger partial charge in [0.25, 0.3) is 0 Å². The minimum Gasteiger partial charge on any atom is -0.454 e. The molecule has 0 amide bonds. The number of furan rings is 1. The number of nitrogens with zero attached hydrogens (tertiary/aromatic N) is 3. The largest absolute Gasteiger partial charge is 0.454 e. The van der Waals surface area contributed by atoms with Gasteiger partial charge in [-0.15, -0.1) is 0 Å². The van der Waals surface area contributed by atoms with Crippen LogP contribution in [0.15, 0.2) is 71.3 Å². The van der Waals surface area contributed by atoms with E-state index in [9.17, 15) is 5.11 Å². The van der Waals surface area contributed by atoms with Gasteiger partial charge in [0.05, 0.1) is 13.2 Å². The minimum atomic E-state index is 0.206. The van der Waals surface area contributed by atoms with Crippen molar-refractivity contribution >= 4 is 11.0 Å². The predicted octanol–water partition coefficient (Wildman–Crippen LogP) is 4.69. The summed E-state index contributed by atoms with van der Waals surface area (Å²) < 4.78 is 8.16. The maximum atomic E-state index is 9.84. The molecule has 5 heteroatoms. The second-order valence-corrected chi connectivity index (χ2v) is 8.14. The van der Waals surface area contributed by atoms with E-state index in [1.54, 1.807) is 0 Å². The first-order valence-corrected chi connectivity index (χ1v) is 10.7. The molecule has 1 saturated heterocycles. The zero-order valence-electron chi connectivity index (χ0n) is 17.1. The Morgan fingerprint density at radius 2 is 1.83 bits per heavy atom. The number of aliphatic hydroxyl groups excluding tert-OH is 1. The third-order valence-corrected chi connectivity index (χ3v) is 6.02. The molecule has 1 aliphatic heterocycles. The number of aromatic nitrogens is 2. The second-order valence-electron chi connectivity index (χ2n) is 8.14. The monoisotopic (exact) mass is 401 g/mol. The van der Waals surface area contributed by atoms with E-state index in [1.165, 1.54) is 18.4 Å². The topological polar surface area (TPSA) is 54.4 Å². The average Bonchev–Trinajstić information content (AvgIpc) is 3.38. The molecule has 0 bridgehead atoms. The van der Waals surface area contributed by atoms with Gasteiger partial charge in [-0.25, -0.2) is 0 Å². The molecule has 0 aliphatic carbocycles. The summed E-state index contributed by atoms with van der Waals surface area (Å²) in [7, 11) is 0. The van der Waals surface area contributed by atoms with Gasteiger partial charge < -0.3 is 9.52 Å². The summed E-state index contributed by atoms with van der Waals surface area (Å²) in [5.74, 6) is 0.801. The Balaban J connectivity index is 1.51. The molecule has 1 aliphatic rings. The number of para-hydroxylation sites is 1. The first-order chi connectivity index (χ1) is 14.8. The molecular formula is C25H27N3O2. The van der Waals surface area contributed by atoms with Crippen molar-refractivity contribution in [3.63, 3.8) is 0 Å². The molecule has 4 aromatic rings. The van der Waals surface area contributed by atoms with Crippen LogP contribution in [-0.2, 0) is 13.1 Å². The second kappa shape index (κ2) is 8.46. The van der Waals surface area contributed by atoms with E-state index in [0.29, 0.717) is 0 Å². The van der Waals surface area contributed by atoms with Crippen molar-refractivity contribution in [3.05, 3.63) is 78.0 Å². The lowest BCUT2D eigenvalue weighted by Crippen LogP contribution is -2.41. The van der Waals surface area contributed by atoms with E-state index in [1.807, 2.05) is 28.9 Å². The van der Waals surface area contributed by atoms with Crippen LogP contribution in [0.3, 0.4) is 0 Å². The Hall–Kier alpha value is -2.89. The van der Waals surface area contributed by atoms with Crippen LogP contribution >= 0.6 is 0 Å². The van der Waals surface area contributed by atoms with Crippen LogP contribution in [0, 0.1) is 0 Å². The predicted molar refractivity (Wildman–Crippen MR) is 118 cm³/mol. The zero-order valence-corrected chi connectivity index (χ0v) is 17.1. The number of aliphatic hydroxyl groups is 1. The summed E-state index contributed by atoms with van der Waals surface area (Å²) in [4.78, 5) is 2.39. The highest BCUT2D eigenvalue weighted by Gasteiger charge is 2.25. The molecule has 0 spiro atoms. The van der Waals surface area contributed by atoms with Crippen molar-refractivity contribution < 1.29 is 9.52 Å². The van der Waals surface area contributed by atoms with Crippen molar-refractivity contribution in [1.29, 1.82) is 0 Å². The lowest BCUT2D eigenvalue weighted by molar-refractivity contribution is 0.0842. The Morgan fingerprint density at radius 3 is 2.67 bits per heavy atom. The zero-order chi connectivity index (χ0) is 20.3. The van der Waals surface area contributed by atoms with Crippen molar-refractivity contribution in [1.82, 2.24) is 14.7 Å². The van der Waals surface area contributed by atoms with Gasteiger partial charge >= 0.3 is 0 Å². The molecule has 0 radical (unpaired) electrons. The van der Waals surface area contributed by atoms with Crippen LogP contribution in [0.25, 0.3) is 22.4 Å². The van der Waals surface area contributed by atoms with Crippen LogP contribution in [0.4, 0.5) is 0 Å². The van der Waals surface area contributed by atoms with E-state index in [2.05, 4.69) is 47.5 Å². The third kappa shape index (κ3) is 3.91. The molecular weight excluding hydrogens is 374 g/mol. The fourth-order valence-electron chi connectivity index (χ4n) is 4.43. The van der Waals surface area contributed by atoms with Gasteiger partial charge in [0.2, 0.25) is 0 Å². The highest BCUT2D eigenvalue weighted by Crippen LogP contribution is 2.31. The van der Waals surface area contributed by atoms with Crippen molar-refractivity contribution in [3.8, 4) is 11.5 Å². The fourth-order valence-corrected chi connectivity index (χ4v) is 4.43. The summed E-state index contributed by atoms with van der Waals surface area (Å²) in [5.41, 5.74) is 4.13. The van der Waals surface area contributed by atoms with Gasteiger partial charge in [0.1, 0.15) is 11.3 Å². The summed E-state index contributed by atoms with van der Waals surface area (Å²) in [6.07, 6.45) is 5.55. The smallest absolute Gasteiger partial charge is 0.156 e. The molecule has 3 heterocycles. The average molecular weight is 402 g/mol. The first-order valence-electron chi connectivity index (χ1n) is 10.7. The van der Waals surface area contributed by atoms with E-state index in [0.717, 1.165) is 54.0 Å².